The van der Waals surface area contributed by atoms with Crippen LogP contribution >= 0.6 is 0 Å². The van der Waals surface area contributed by atoms with Crippen LogP contribution in [0.3, 0.4) is 0 Å². The second-order valence-corrected chi connectivity index (χ2v) is 7.43. The summed E-state index contributed by atoms with van der Waals surface area (Å²) in [6.45, 7) is 7.74. The van der Waals surface area contributed by atoms with Gasteiger partial charge in [0.1, 0.15) is 5.69 Å². The molecule has 0 fully saturated rings. The number of amides is 1. The van der Waals surface area contributed by atoms with Crippen molar-refractivity contribution in [3.8, 4) is 11.3 Å². The highest BCUT2D eigenvalue weighted by Gasteiger charge is 2.20. The van der Waals surface area contributed by atoms with E-state index in [4.69, 9.17) is 0 Å². The first-order valence-corrected chi connectivity index (χ1v) is 10.3. The SMILES string of the molecule is CCC(CC)CN(CCc1ccncc1)C(=O)n1cc(-c2ccc(C)cc2)nn1. The van der Waals surface area contributed by atoms with E-state index >= 15 is 0 Å². The third kappa shape index (κ3) is 5.50. The lowest BCUT2D eigenvalue weighted by atomic mass is 10.0. The number of rotatable bonds is 8. The second-order valence-electron chi connectivity index (χ2n) is 7.43. The Kier molecular flexibility index (Phi) is 7.11. The highest BCUT2D eigenvalue weighted by Crippen LogP contribution is 2.17. The first kappa shape index (κ1) is 20.7. The van der Waals surface area contributed by atoms with E-state index in [9.17, 15) is 4.79 Å². The molecule has 0 radical (unpaired) electrons. The summed E-state index contributed by atoms with van der Waals surface area (Å²) in [5.41, 5.74) is 4.01. The van der Waals surface area contributed by atoms with E-state index in [1.807, 2.05) is 48.2 Å². The molecule has 2 heterocycles. The molecule has 0 N–H and O–H groups in total. The Bertz CT molecular complexity index is 901. The van der Waals surface area contributed by atoms with Crippen molar-refractivity contribution in [2.24, 2.45) is 5.92 Å². The van der Waals surface area contributed by atoms with E-state index < -0.39 is 0 Å². The molecule has 0 aliphatic rings. The Balaban J connectivity index is 1.76. The third-order valence-electron chi connectivity index (χ3n) is 5.36. The zero-order chi connectivity index (χ0) is 20.6. The fourth-order valence-electron chi connectivity index (χ4n) is 3.30. The minimum Gasteiger partial charge on any atom is -0.322 e. The molecule has 0 spiro atoms. The number of pyridine rings is 1. The number of carbonyl (C=O) groups is 1. The molecule has 1 amide bonds. The maximum atomic E-state index is 13.2. The van der Waals surface area contributed by atoms with Gasteiger partial charge >= 0.3 is 6.03 Å². The minimum absolute atomic E-state index is 0.128. The van der Waals surface area contributed by atoms with Gasteiger partial charge in [-0.3, -0.25) is 4.98 Å². The molecule has 0 unspecified atom stereocenters. The van der Waals surface area contributed by atoms with Crippen molar-refractivity contribution in [1.82, 2.24) is 24.9 Å². The van der Waals surface area contributed by atoms with Crippen LogP contribution < -0.4 is 0 Å². The zero-order valence-corrected chi connectivity index (χ0v) is 17.5. The van der Waals surface area contributed by atoms with Gasteiger partial charge in [-0.15, -0.1) is 5.10 Å². The van der Waals surface area contributed by atoms with Crippen LogP contribution in [0.4, 0.5) is 4.79 Å². The van der Waals surface area contributed by atoms with Crippen molar-refractivity contribution in [3.05, 3.63) is 66.1 Å². The van der Waals surface area contributed by atoms with Crippen LogP contribution in [0, 0.1) is 12.8 Å². The second kappa shape index (κ2) is 9.96. The van der Waals surface area contributed by atoms with Crippen molar-refractivity contribution in [1.29, 1.82) is 0 Å². The molecule has 6 nitrogen and oxygen atoms in total. The summed E-state index contributed by atoms with van der Waals surface area (Å²) >= 11 is 0. The molecule has 0 bridgehead atoms. The summed E-state index contributed by atoms with van der Waals surface area (Å²) < 4.78 is 1.37. The highest BCUT2D eigenvalue weighted by molar-refractivity contribution is 5.77. The molecule has 0 aliphatic heterocycles. The normalized spacial score (nSPS) is 11.0. The smallest absolute Gasteiger partial charge is 0.322 e. The van der Waals surface area contributed by atoms with Gasteiger partial charge in [0.05, 0.1) is 6.20 Å². The van der Waals surface area contributed by atoms with Gasteiger partial charge in [0.2, 0.25) is 0 Å². The summed E-state index contributed by atoms with van der Waals surface area (Å²) in [5, 5.41) is 8.33. The van der Waals surface area contributed by atoms with Crippen LogP contribution in [-0.2, 0) is 6.42 Å². The Labute approximate surface area is 172 Å². The first-order valence-electron chi connectivity index (χ1n) is 10.3. The average molecular weight is 392 g/mol. The van der Waals surface area contributed by atoms with Crippen LogP contribution in [0.15, 0.2) is 55.0 Å². The van der Waals surface area contributed by atoms with E-state index in [0.29, 0.717) is 18.2 Å². The van der Waals surface area contributed by atoms with Gasteiger partial charge in [-0.2, -0.15) is 4.68 Å². The van der Waals surface area contributed by atoms with Gasteiger partial charge in [0.15, 0.2) is 0 Å². The van der Waals surface area contributed by atoms with Gasteiger partial charge in [-0.05, 0) is 37.0 Å². The lowest BCUT2D eigenvalue weighted by molar-refractivity contribution is 0.184. The summed E-state index contributed by atoms with van der Waals surface area (Å²) in [7, 11) is 0. The Hall–Kier alpha value is -3.02. The van der Waals surface area contributed by atoms with Crippen molar-refractivity contribution in [3.63, 3.8) is 0 Å². The first-order chi connectivity index (χ1) is 14.1. The van der Waals surface area contributed by atoms with E-state index in [2.05, 4.69) is 29.1 Å². The van der Waals surface area contributed by atoms with Crippen molar-refractivity contribution in [2.75, 3.05) is 13.1 Å². The summed E-state index contributed by atoms with van der Waals surface area (Å²) in [5.74, 6) is 0.469. The quantitative estimate of drug-likeness (QED) is 0.563. The molecule has 0 aliphatic carbocycles. The number of carbonyl (C=O) groups excluding carboxylic acids is 1. The molecule has 0 saturated carbocycles. The zero-order valence-electron chi connectivity index (χ0n) is 17.5. The van der Waals surface area contributed by atoms with Gasteiger partial charge in [0.25, 0.3) is 0 Å². The lowest BCUT2D eigenvalue weighted by Crippen LogP contribution is -2.39. The number of nitrogens with zero attached hydrogens (tertiary/aromatic N) is 5. The topological polar surface area (TPSA) is 63.9 Å². The molecule has 152 valence electrons. The van der Waals surface area contributed by atoms with Crippen molar-refractivity contribution in [2.45, 2.75) is 40.0 Å². The lowest BCUT2D eigenvalue weighted by Gasteiger charge is -2.26. The summed E-state index contributed by atoms with van der Waals surface area (Å²) in [6, 6.07) is 11.9. The fourth-order valence-corrected chi connectivity index (χ4v) is 3.30. The van der Waals surface area contributed by atoms with Gasteiger partial charge in [0, 0.05) is 31.0 Å². The van der Waals surface area contributed by atoms with Gasteiger partial charge in [-0.1, -0.05) is 61.7 Å². The van der Waals surface area contributed by atoms with E-state index in [-0.39, 0.29) is 6.03 Å². The number of hydrogen-bond acceptors (Lipinski definition) is 4. The standard InChI is InChI=1S/C23H29N5O/c1-4-19(5-2)16-27(15-12-20-10-13-24-14-11-20)23(29)28-17-22(25-26-28)21-8-6-18(3)7-9-21/h6-11,13-14,17,19H,4-5,12,15-16H2,1-3H3. The molecule has 6 heteroatoms. The average Bonchev–Trinajstić information content (AvgIpc) is 3.25. The van der Waals surface area contributed by atoms with Crippen molar-refractivity contribution >= 4 is 6.03 Å². The molecule has 3 aromatic rings. The maximum Gasteiger partial charge on any atom is 0.346 e. The number of benzene rings is 1. The molecule has 1 aromatic carbocycles. The van der Waals surface area contributed by atoms with Crippen LogP contribution in [0.25, 0.3) is 11.3 Å². The third-order valence-corrected chi connectivity index (χ3v) is 5.36. The van der Waals surface area contributed by atoms with E-state index in [1.54, 1.807) is 18.6 Å². The molecule has 29 heavy (non-hydrogen) atoms. The molecule has 0 atom stereocenters. The number of hydrogen-bond donors (Lipinski definition) is 0. The van der Waals surface area contributed by atoms with Crippen LogP contribution in [0.1, 0.15) is 37.8 Å². The number of aromatic nitrogens is 4. The molecule has 2 aromatic heterocycles. The molecule has 0 saturated heterocycles. The van der Waals surface area contributed by atoms with Gasteiger partial charge in [-0.25, -0.2) is 4.79 Å². The minimum atomic E-state index is -0.128. The van der Waals surface area contributed by atoms with E-state index in [0.717, 1.165) is 31.4 Å². The maximum absolute atomic E-state index is 13.2. The van der Waals surface area contributed by atoms with Crippen LogP contribution in [-0.4, -0.2) is 44.0 Å². The predicted octanol–water partition coefficient (Wildman–Crippen LogP) is 4.60. The predicted molar refractivity (Wildman–Crippen MR) is 115 cm³/mol. The van der Waals surface area contributed by atoms with Crippen molar-refractivity contribution < 1.29 is 4.79 Å². The Morgan fingerprint density at radius 3 is 2.41 bits per heavy atom. The Morgan fingerprint density at radius 1 is 1.07 bits per heavy atom. The Morgan fingerprint density at radius 2 is 1.76 bits per heavy atom. The summed E-state index contributed by atoms with van der Waals surface area (Å²) in [4.78, 5) is 19.2. The molecule has 3 rings (SSSR count). The largest absolute Gasteiger partial charge is 0.346 e. The number of aryl methyl sites for hydroxylation is 1. The highest BCUT2D eigenvalue weighted by atomic mass is 16.2. The van der Waals surface area contributed by atoms with Gasteiger partial charge < -0.3 is 4.90 Å². The monoisotopic (exact) mass is 391 g/mol. The van der Waals surface area contributed by atoms with Crippen LogP contribution in [0.2, 0.25) is 0 Å². The molecular weight excluding hydrogens is 362 g/mol. The van der Waals surface area contributed by atoms with Crippen LogP contribution in [0.5, 0.6) is 0 Å². The van der Waals surface area contributed by atoms with E-state index in [1.165, 1.54) is 15.8 Å². The fraction of sp³-hybridized carbons (Fsp3) is 0.391. The molecular formula is C23H29N5O. The summed E-state index contributed by atoms with van der Waals surface area (Å²) in [6.07, 6.45) is 8.16.